The summed E-state index contributed by atoms with van der Waals surface area (Å²) in [4.78, 5) is 34.3. The van der Waals surface area contributed by atoms with Crippen molar-refractivity contribution in [2.45, 2.75) is 13.0 Å². The van der Waals surface area contributed by atoms with Gasteiger partial charge in [0.1, 0.15) is 11.5 Å². The van der Waals surface area contributed by atoms with Gasteiger partial charge < -0.3 is 19.5 Å². The number of nitrogens with zero attached hydrogens (tertiary/aromatic N) is 2. The quantitative estimate of drug-likeness (QED) is 0.405. The molecule has 1 amide bonds. The zero-order valence-electron chi connectivity index (χ0n) is 15.6. The Hall–Kier alpha value is -4.13. The van der Waals surface area contributed by atoms with Crippen LogP contribution in [0.25, 0.3) is 0 Å². The minimum Gasteiger partial charge on any atom is -0.495 e. The number of non-ortho nitro benzene ring substituents is 1. The highest BCUT2D eigenvalue weighted by Gasteiger charge is 2.19. The van der Waals surface area contributed by atoms with Crippen molar-refractivity contribution in [2.75, 3.05) is 19.0 Å². The van der Waals surface area contributed by atoms with Gasteiger partial charge in [0.05, 0.1) is 29.4 Å². The third kappa shape index (κ3) is 5.93. The number of rotatable bonds is 8. The Balaban J connectivity index is 1.91. The summed E-state index contributed by atoms with van der Waals surface area (Å²) in [6, 6.07) is 11.8. The van der Waals surface area contributed by atoms with Gasteiger partial charge in [-0.15, -0.1) is 0 Å². The smallest absolute Gasteiger partial charge is 0.347 e. The number of nitro groups is 1. The molecule has 0 aliphatic heterocycles. The van der Waals surface area contributed by atoms with Gasteiger partial charge in [0.2, 0.25) is 0 Å². The molecule has 0 saturated carbocycles. The number of anilines is 1. The number of benzene rings is 2. The van der Waals surface area contributed by atoms with Gasteiger partial charge in [0, 0.05) is 12.1 Å². The molecular formula is C19H17N3O7. The largest absolute Gasteiger partial charge is 0.495 e. The summed E-state index contributed by atoms with van der Waals surface area (Å²) in [5, 5.41) is 22.0. The van der Waals surface area contributed by atoms with Gasteiger partial charge in [-0.05, 0) is 37.3 Å². The number of methoxy groups -OCH3 is 1. The minimum atomic E-state index is -0.997. The summed E-state index contributed by atoms with van der Waals surface area (Å²) in [5.41, 5.74) is 0.285. The molecule has 0 bridgehead atoms. The van der Waals surface area contributed by atoms with E-state index >= 15 is 0 Å². The number of carbonyl (C=O) groups excluding carboxylic acids is 2. The van der Waals surface area contributed by atoms with Gasteiger partial charge in [0.25, 0.3) is 11.6 Å². The predicted octanol–water partition coefficient (Wildman–Crippen LogP) is 2.42. The summed E-state index contributed by atoms with van der Waals surface area (Å²) >= 11 is 0. The summed E-state index contributed by atoms with van der Waals surface area (Å²) in [6.07, 6.45) is -0.997. The first-order chi connectivity index (χ1) is 13.8. The highest BCUT2D eigenvalue weighted by molar-refractivity contribution is 5.94. The predicted molar refractivity (Wildman–Crippen MR) is 100 cm³/mol. The van der Waals surface area contributed by atoms with Crippen LogP contribution in [0, 0.1) is 21.4 Å². The molecule has 0 spiro atoms. The summed E-state index contributed by atoms with van der Waals surface area (Å²) < 4.78 is 15.3. The molecule has 0 unspecified atom stereocenters. The third-order valence-corrected chi connectivity index (χ3v) is 3.64. The maximum Gasteiger partial charge on any atom is 0.347 e. The molecule has 0 aromatic heterocycles. The third-order valence-electron chi connectivity index (χ3n) is 3.64. The van der Waals surface area contributed by atoms with E-state index in [-0.39, 0.29) is 17.1 Å². The maximum atomic E-state index is 12.0. The van der Waals surface area contributed by atoms with Gasteiger partial charge in [-0.1, -0.05) is 0 Å². The molecule has 10 heteroatoms. The molecule has 1 N–H and O–H groups in total. The highest BCUT2D eigenvalue weighted by atomic mass is 16.6. The molecule has 10 nitrogen and oxygen atoms in total. The zero-order valence-corrected chi connectivity index (χ0v) is 15.6. The van der Waals surface area contributed by atoms with Crippen LogP contribution < -0.4 is 14.8 Å². The number of hydrogen-bond acceptors (Lipinski definition) is 8. The number of nitriles is 1. The monoisotopic (exact) mass is 399 g/mol. The van der Waals surface area contributed by atoms with Crippen LogP contribution >= 0.6 is 0 Å². The van der Waals surface area contributed by atoms with Crippen LogP contribution in [0.2, 0.25) is 0 Å². The molecule has 0 aliphatic carbocycles. The van der Waals surface area contributed by atoms with Gasteiger partial charge in [0.15, 0.2) is 12.7 Å². The van der Waals surface area contributed by atoms with Crippen molar-refractivity contribution in [3.63, 3.8) is 0 Å². The van der Waals surface area contributed by atoms with Gasteiger partial charge >= 0.3 is 5.97 Å². The average molecular weight is 399 g/mol. The van der Waals surface area contributed by atoms with E-state index in [1.165, 1.54) is 50.4 Å². The lowest BCUT2D eigenvalue weighted by molar-refractivity contribution is -0.384. The van der Waals surface area contributed by atoms with E-state index in [0.717, 1.165) is 6.07 Å². The lowest BCUT2D eigenvalue weighted by Crippen LogP contribution is -2.29. The maximum absolute atomic E-state index is 12.0. The lowest BCUT2D eigenvalue weighted by atomic mass is 10.2. The normalized spacial score (nSPS) is 10.9. The Bertz CT molecular complexity index is 951. The molecule has 0 radical (unpaired) electrons. The first kappa shape index (κ1) is 21.2. The first-order valence-electron chi connectivity index (χ1n) is 8.29. The Morgan fingerprint density at radius 3 is 2.52 bits per heavy atom. The standard InChI is InChI=1S/C19H17N3O7/c1-12(29-15-6-3-13(10-20)4-7-15)19(24)28-11-18(23)21-16-9-14(22(25)26)5-8-17(16)27-2/h3-9,12H,11H2,1-2H3,(H,21,23)/t12-/m0/s1. The van der Waals surface area contributed by atoms with Gasteiger partial charge in [-0.3, -0.25) is 14.9 Å². The first-order valence-corrected chi connectivity index (χ1v) is 8.29. The molecule has 1 atom stereocenters. The van der Waals surface area contributed by atoms with Crippen molar-refractivity contribution in [3.05, 3.63) is 58.1 Å². The van der Waals surface area contributed by atoms with E-state index in [0.29, 0.717) is 11.3 Å². The minimum absolute atomic E-state index is 0.0737. The second kappa shape index (κ2) is 9.70. The van der Waals surface area contributed by atoms with Crippen LogP contribution in [0.15, 0.2) is 42.5 Å². The molecule has 0 saturated heterocycles. The number of carbonyl (C=O) groups is 2. The fourth-order valence-corrected chi connectivity index (χ4v) is 2.21. The van der Waals surface area contributed by atoms with E-state index in [1.54, 1.807) is 0 Å². The fourth-order valence-electron chi connectivity index (χ4n) is 2.21. The molecular weight excluding hydrogens is 382 g/mol. The molecule has 29 heavy (non-hydrogen) atoms. The van der Waals surface area contributed by atoms with Crippen LogP contribution in [0.1, 0.15) is 12.5 Å². The Morgan fingerprint density at radius 2 is 1.93 bits per heavy atom. The molecule has 150 valence electrons. The fraction of sp³-hybridized carbons (Fsp3) is 0.211. The van der Waals surface area contributed by atoms with E-state index in [4.69, 9.17) is 19.5 Å². The van der Waals surface area contributed by atoms with E-state index in [1.807, 2.05) is 6.07 Å². The van der Waals surface area contributed by atoms with E-state index < -0.39 is 29.5 Å². The average Bonchev–Trinajstić information content (AvgIpc) is 2.72. The van der Waals surface area contributed by atoms with Crippen molar-refractivity contribution in [1.29, 1.82) is 5.26 Å². The zero-order chi connectivity index (χ0) is 21.4. The number of ether oxygens (including phenoxy) is 3. The van der Waals surface area contributed by atoms with Crippen LogP contribution in [0.5, 0.6) is 11.5 Å². The summed E-state index contributed by atoms with van der Waals surface area (Å²) in [6.45, 7) is 0.827. The number of amides is 1. The van der Waals surface area contributed by atoms with Crippen LogP contribution in [0.4, 0.5) is 11.4 Å². The van der Waals surface area contributed by atoms with Crippen molar-refractivity contribution >= 4 is 23.3 Å². The SMILES string of the molecule is COc1ccc([N+](=O)[O-])cc1NC(=O)COC(=O)[C@H](C)Oc1ccc(C#N)cc1. The Morgan fingerprint density at radius 1 is 1.24 bits per heavy atom. The Labute approximate surface area is 165 Å². The molecule has 2 aromatic carbocycles. The molecule has 2 aromatic rings. The van der Waals surface area contributed by atoms with E-state index in [2.05, 4.69) is 5.32 Å². The molecule has 2 rings (SSSR count). The second-order valence-corrected chi connectivity index (χ2v) is 5.69. The topological polar surface area (TPSA) is 141 Å². The summed E-state index contributed by atoms with van der Waals surface area (Å²) in [7, 11) is 1.35. The van der Waals surface area contributed by atoms with Gasteiger partial charge in [-0.25, -0.2) is 4.79 Å². The van der Waals surface area contributed by atoms with Crippen LogP contribution in [-0.2, 0) is 14.3 Å². The molecule has 0 heterocycles. The van der Waals surface area contributed by atoms with Gasteiger partial charge in [-0.2, -0.15) is 5.26 Å². The lowest BCUT2D eigenvalue weighted by Gasteiger charge is -2.14. The Kier molecular flexibility index (Phi) is 7.08. The number of esters is 1. The molecule has 0 aliphatic rings. The van der Waals surface area contributed by atoms with E-state index in [9.17, 15) is 19.7 Å². The van der Waals surface area contributed by atoms with Crippen LogP contribution in [0.3, 0.4) is 0 Å². The second-order valence-electron chi connectivity index (χ2n) is 5.69. The van der Waals surface area contributed by atoms with Crippen LogP contribution in [-0.4, -0.2) is 36.6 Å². The highest BCUT2D eigenvalue weighted by Crippen LogP contribution is 2.28. The van der Waals surface area contributed by atoms with Crippen molar-refractivity contribution in [1.82, 2.24) is 0 Å². The number of nitrogens with one attached hydrogen (secondary N) is 1. The van der Waals surface area contributed by atoms with Crippen molar-refractivity contribution in [2.24, 2.45) is 0 Å². The number of hydrogen-bond donors (Lipinski definition) is 1. The van der Waals surface area contributed by atoms with Crippen molar-refractivity contribution in [3.8, 4) is 17.6 Å². The number of nitro benzene ring substituents is 1. The molecule has 0 fully saturated rings. The van der Waals surface area contributed by atoms with Crippen molar-refractivity contribution < 1.29 is 28.7 Å². The summed E-state index contributed by atoms with van der Waals surface area (Å²) in [5.74, 6) is -0.912.